The van der Waals surface area contributed by atoms with Crippen LogP contribution in [0.3, 0.4) is 0 Å². The highest BCUT2D eigenvalue weighted by Crippen LogP contribution is 2.37. The van der Waals surface area contributed by atoms with Crippen molar-refractivity contribution >= 4 is 30.5 Å². The minimum absolute atomic E-state index is 0.123. The fourth-order valence-electron chi connectivity index (χ4n) is 3.94. The summed E-state index contributed by atoms with van der Waals surface area (Å²) < 4.78 is 22.5. The van der Waals surface area contributed by atoms with E-state index >= 15 is 0 Å². The van der Waals surface area contributed by atoms with Gasteiger partial charge in [0.25, 0.3) is 11.9 Å². The molecule has 0 saturated carbocycles. The summed E-state index contributed by atoms with van der Waals surface area (Å²) in [5, 5.41) is 7.64. The summed E-state index contributed by atoms with van der Waals surface area (Å²) in [6.45, 7) is 7.67. The second-order valence-electron chi connectivity index (χ2n) is 8.41. The molecule has 1 amide bonds. The lowest BCUT2D eigenvalue weighted by molar-refractivity contribution is 0.0991. The Morgan fingerprint density at radius 2 is 1.78 bits per heavy atom. The van der Waals surface area contributed by atoms with E-state index < -0.39 is 14.0 Å². The molecule has 0 bridgehead atoms. The van der Waals surface area contributed by atoms with Crippen molar-refractivity contribution in [1.29, 1.82) is 0 Å². The summed E-state index contributed by atoms with van der Waals surface area (Å²) in [4.78, 5) is 12.8. The van der Waals surface area contributed by atoms with Gasteiger partial charge in [-0.05, 0) is 41.9 Å². The highest BCUT2D eigenvalue weighted by atomic mass is 28.3. The fourth-order valence-corrected chi connectivity index (χ4v) is 6.37. The van der Waals surface area contributed by atoms with Crippen molar-refractivity contribution in [3.05, 3.63) is 53.8 Å². The van der Waals surface area contributed by atoms with Crippen LogP contribution in [0.5, 0.6) is 23.2 Å². The number of nitrogens with one attached hydrogen (secondary N) is 2. The SMILES string of the molecule is COc1cccc(OC)c1NC(=O)c1ccc(Oc2c(C)ccc3c2NCC[Si]3(C)C)o1. The molecular weight excluding hydrogens is 424 g/mol. The normalized spacial score (nSPS) is 14.2. The van der Waals surface area contributed by atoms with E-state index in [0.717, 1.165) is 23.5 Å². The molecule has 7 nitrogen and oxygen atoms in total. The number of ether oxygens (including phenoxy) is 3. The van der Waals surface area contributed by atoms with Crippen LogP contribution < -0.4 is 30.0 Å². The summed E-state index contributed by atoms with van der Waals surface area (Å²) in [6.07, 6.45) is 0. The largest absolute Gasteiger partial charge is 0.494 e. The van der Waals surface area contributed by atoms with Crippen LogP contribution in [0.15, 0.2) is 46.9 Å². The molecule has 32 heavy (non-hydrogen) atoms. The van der Waals surface area contributed by atoms with E-state index in [1.54, 1.807) is 30.3 Å². The van der Waals surface area contributed by atoms with Gasteiger partial charge in [-0.1, -0.05) is 31.3 Å². The predicted molar refractivity (Wildman–Crippen MR) is 128 cm³/mol. The van der Waals surface area contributed by atoms with Crippen LogP contribution in [-0.4, -0.2) is 34.7 Å². The lowest BCUT2D eigenvalue weighted by Gasteiger charge is -2.33. The molecule has 4 rings (SSSR count). The Balaban J connectivity index is 1.58. The maximum absolute atomic E-state index is 12.8. The molecule has 1 aliphatic heterocycles. The van der Waals surface area contributed by atoms with Gasteiger partial charge in [-0.25, -0.2) is 0 Å². The predicted octanol–water partition coefficient (Wildman–Crippen LogP) is 4.99. The number of rotatable bonds is 6. The third-order valence-corrected chi connectivity index (χ3v) is 9.18. The van der Waals surface area contributed by atoms with Crippen molar-refractivity contribution in [2.75, 3.05) is 31.4 Å². The van der Waals surface area contributed by atoms with Gasteiger partial charge in [0.1, 0.15) is 17.2 Å². The number of hydrogen-bond acceptors (Lipinski definition) is 6. The number of fused-ring (bicyclic) bond motifs is 1. The molecule has 0 unspecified atom stereocenters. The third-order valence-electron chi connectivity index (χ3n) is 5.81. The van der Waals surface area contributed by atoms with Crippen molar-refractivity contribution in [3.8, 4) is 23.2 Å². The number of anilines is 2. The van der Waals surface area contributed by atoms with Gasteiger partial charge in [0.2, 0.25) is 0 Å². The first kappa shape index (κ1) is 21.8. The molecule has 2 heterocycles. The van der Waals surface area contributed by atoms with E-state index in [2.05, 4.69) is 35.9 Å². The number of benzene rings is 2. The molecular formula is C24H28N2O5Si. The molecule has 168 valence electrons. The average Bonchev–Trinajstić information content (AvgIpc) is 3.24. The zero-order valence-corrected chi connectivity index (χ0v) is 20.0. The number of amides is 1. The van der Waals surface area contributed by atoms with Gasteiger partial charge in [-0.15, -0.1) is 0 Å². The molecule has 0 aliphatic carbocycles. The van der Waals surface area contributed by atoms with Gasteiger partial charge in [0.05, 0.1) is 28.0 Å². The molecule has 0 saturated heterocycles. The first-order chi connectivity index (χ1) is 15.3. The minimum Gasteiger partial charge on any atom is -0.494 e. The van der Waals surface area contributed by atoms with Gasteiger partial charge in [-0.2, -0.15) is 0 Å². The quantitative estimate of drug-likeness (QED) is 0.513. The van der Waals surface area contributed by atoms with Crippen LogP contribution in [-0.2, 0) is 0 Å². The molecule has 2 N–H and O–H groups in total. The van der Waals surface area contributed by atoms with E-state index in [4.69, 9.17) is 18.6 Å². The zero-order chi connectivity index (χ0) is 22.9. The van der Waals surface area contributed by atoms with Crippen molar-refractivity contribution in [2.24, 2.45) is 0 Å². The van der Waals surface area contributed by atoms with Gasteiger partial charge in [0.15, 0.2) is 11.5 Å². The number of carbonyl (C=O) groups excluding carboxylic acids is 1. The van der Waals surface area contributed by atoms with Gasteiger partial charge in [-0.3, -0.25) is 4.79 Å². The summed E-state index contributed by atoms with van der Waals surface area (Å²) >= 11 is 0. The van der Waals surface area contributed by atoms with Crippen molar-refractivity contribution in [1.82, 2.24) is 0 Å². The number of hydrogen-bond donors (Lipinski definition) is 2. The minimum atomic E-state index is -1.52. The summed E-state index contributed by atoms with van der Waals surface area (Å²) in [5.41, 5.74) is 2.48. The maximum atomic E-state index is 12.8. The van der Waals surface area contributed by atoms with Crippen LogP contribution in [0.2, 0.25) is 19.1 Å². The van der Waals surface area contributed by atoms with Crippen LogP contribution in [0.25, 0.3) is 0 Å². The maximum Gasteiger partial charge on any atom is 0.291 e. The lowest BCUT2D eigenvalue weighted by atomic mass is 10.2. The number of carbonyl (C=O) groups is 1. The summed E-state index contributed by atoms with van der Waals surface area (Å²) in [6, 6.07) is 14.0. The standard InChI is InChI=1S/C24H28N2O5Si/c1-15-9-11-19-22(25-13-14-32(19,4)5)23(15)31-20-12-10-18(30-20)24(27)26-21-16(28-2)7-6-8-17(21)29-3/h6-12,25H,13-14H2,1-5H3,(H,26,27). The topological polar surface area (TPSA) is 82.0 Å². The van der Waals surface area contributed by atoms with E-state index in [0.29, 0.717) is 17.2 Å². The monoisotopic (exact) mass is 452 g/mol. The van der Waals surface area contributed by atoms with Crippen LogP contribution >= 0.6 is 0 Å². The van der Waals surface area contributed by atoms with Crippen molar-refractivity contribution in [2.45, 2.75) is 26.1 Å². The third kappa shape index (κ3) is 4.05. The smallest absolute Gasteiger partial charge is 0.291 e. The lowest BCUT2D eigenvalue weighted by Crippen LogP contribution is -2.47. The van der Waals surface area contributed by atoms with E-state index in [9.17, 15) is 4.79 Å². The zero-order valence-electron chi connectivity index (χ0n) is 19.0. The van der Waals surface area contributed by atoms with Crippen LogP contribution in [0, 0.1) is 6.92 Å². The molecule has 1 aliphatic rings. The molecule has 2 aromatic carbocycles. The Morgan fingerprint density at radius 1 is 1.06 bits per heavy atom. The summed E-state index contributed by atoms with van der Waals surface area (Å²) in [5.74, 6) is 1.68. The Labute approximate surface area is 188 Å². The van der Waals surface area contributed by atoms with Crippen molar-refractivity contribution in [3.63, 3.8) is 0 Å². The fraction of sp³-hybridized carbons (Fsp3) is 0.292. The van der Waals surface area contributed by atoms with Crippen molar-refractivity contribution < 1.29 is 23.4 Å². The molecule has 3 aromatic rings. The molecule has 0 spiro atoms. The number of furan rings is 1. The van der Waals surface area contributed by atoms with E-state index in [1.165, 1.54) is 25.5 Å². The molecule has 0 atom stereocenters. The number of para-hydroxylation sites is 1. The Kier molecular flexibility index (Phi) is 5.88. The molecule has 1 aromatic heterocycles. The Bertz CT molecular complexity index is 1130. The second-order valence-corrected chi connectivity index (χ2v) is 13.2. The first-order valence-corrected chi connectivity index (χ1v) is 13.7. The van der Waals surface area contributed by atoms with E-state index in [-0.39, 0.29) is 11.7 Å². The number of aryl methyl sites for hydroxylation is 1. The number of methoxy groups -OCH3 is 2. The van der Waals surface area contributed by atoms with Gasteiger partial charge >= 0.3 is 0 Å². The second kappa shape index (κ2) is 8.62. The molecule has 0 fully saturated rings. The highest BCUT2D eigenvalue weighted by molar-refractivity contribution is 6.91. The summed E-state index contributed by atoms with van der Waals surface area (Å²) in [7, 11) is 1.55. The van der Waals surface area contributed by atoms with E-state index in [1.807, 2.05) is 6.92 Å². The van der Waals surface area contributed by atoms with Gasteiger partial charge in [0, 0.05) is 12.6 Å². The average molecular weight is 453 g/mol. The molecule has 8 heteroatoms. The highest BCUT2D eigenvalue weighted by Gasteiger charge is 2.32. The molecule has 0 radical (unpaired) electrons. The first-order valence-electron chi connectivity index (χ1n) is 10.5. The van der Waals surface area contributed by atoms with Crippen LogP contribution in [0.1, 0.15) is 16.1 Å². The Hall–Kier alpha value is -3.39. The van der Waals surface area contributed by atoms with Gasteiger partial charge < -0.3 is 29.3 Å². The Morgan fingerprint density at radius 3 is 2.47 bits per heavy atom. The van der Waals surface area contributed by atoms with Crippen LogP contribution in [0.4, 0.5) is 11.4 Å².